The number of nitrogens with one attached hydrogen (secondary N) is 1. The second-order valence-corrected chi connectivity index (χ2v) is 8.79. The van der Waals surface area contributed by atoms with E-state index in [1.54, 1.807) is 6.33 Å². The summed E-state index contributed by atoms with van der Waals surface area (Å²) in [5.74, 6) is 1.05. The van der Waals surface area contributed by atoms with Crippen LogP contribution in [0.3, 0.4) is 0 Å². The molecule has 0 aromatic carbocycles. The Labute approximate surface area is 155 Å². The SMILES string of the molecule is c1nc(NC2CCCCCCC2)c2cc(CN3CCCCC3)sc2n1. The number of fused-ring (bicyclic) bond motifs is 1. The molecular formula is C20H30N4S. The van der Waals surface area contributed by atoms with E-state index < -0.39 is 0 Å². The van der Waals surface area contributed by atoms with Gasteiger partial charge in [-0.3, -0.25) is 4.90 Å². The standard InChI is InChI=1S/C20H30N4S/c1-2-5-9-16(10-6-3-1)23-19-18-13-17(25-20(18)22-15-21-19)14-24-11-7-4-8-12-24/h13,15-16H,1-12,14H2,(H,21,22,23). The van der Waals surface area contributed by atoms with Gasteiger partial charge in [0.25, 0.3) is 0 Å². The molecule has 0 bridgehead atoms. The normalized spacial score (nSPS) is 21.1. The van der Waals surface area contributed by atoms with Crippen molar-refractivity contribution in [1.82, 2.24) is 14.9 Å². The number of anilines is 1. The molecule has 2 aromatic heterocycles. The molecule has 0 unspecified atom stereocenters. The van der Waals surface area contributed by atoms with Crippen molar-refractivity contribution in [1.29, 1.82) is 0 Å². The van der Waals surface area contributed by atoms with Crippen molar-refractivity contribution in [3.05, 3.63) is 17.3 Å². The Kier molecular flexibility index (Phi) is 5.83. The Morgan fingerprint density at radius 1 is 0.960 bits per heavy atom. The summed E-state index contributed by atoms with van der Waals surface area (Å²) in [5.41, 5.74) is 0. The van der Waals surface area contributed by atoms with Gasteiger partial charge in [0, 0.05) is 17.5 Å². The van der Waals surface area contributed by atoms with Gasteiger partial charge in [-0.15, -0.1) is 11.3 Å². The van der Waals surface area contributed by atoms with Crippen LogP contribution in [-0.2, 0) is 6.54 Å². The molecule has 2 fully saturated rings. The fraction of sp³-hybridized carbons (Fsp3) is 0.700. The number of rotatable bonds is 4. The van der Waals surface area contributed by atoms with Gasteiger partial charge < -0.3 is 5.32 Å². The van der Waals surface area contributed by atoms with Crippen molar-refractivity contribution in [2.24, 2.45) is 0 Å². The monoisotopic (exact) mass is 358 g/mol. The molecule has 0 amide bonds. The molecule has 1 N–H and O–H groups in total. The third-order valence-electron chi connectivity index (χ3n) is 5.65. The zero-order chi connectivity index (χ0) is 16.9. The quantitative estimate of drug-likeness (QED) is 0.815. The second-order valence-electron chi connectivity index (χ2n) is 7.68. The maximum atomic E-state index is 4.59. The number of hydrogen-bond acceptors (Lipinski definition) is 5. The second kappa shape index (κ2) is 8.45. The summed E-state index contributed by atoms with van der Waals surface area (Å²) in [6, 6.07) is 2.91. The lowest BCUT2D eigenvalue weighted by Gasteiger charge is -2.25. The number of thiophene rings is 1. The summed E-state index contributed by atoms with van der Waals surface area (Å²) in [7, 11) is 0. The first kappa shape index (κ1) is 17.2. The molecule has 1 aliphatic carbocycles. The molecule has 3 heterocycles. The maximum absolute atomic E-state index is 4.59. The van der Waals surface area contributed by atoms with Crippen LogP contribution >= 0.6 is 11.3 Å². The van der Waals surface area contributed by atoms with E-state index in [1.807, 2.05) is 11.3 Å². The van der Waals surface area contributed by atoms with Gasteiger partial charge in [-0.05, 0) is 44.8 Å². The Hall–Kier alpha value is -1.20. The molecule has 5 heteroatoms. The molecule has 4 nitrogen and oxygen atoms in total. The van der Waals surface area contributed by atoms with E-state index in [2.05, 4.69) is 26.3 Å². The van der Waals surface area contributed by atoms with Gasteiger partial charge in [0.1, 0.15) is 17.0 Å². The molecule has 0 spiro atoms. The van der Waals surface area contributed by atoms with Gasteiger partial charge in [0.15, 0.2) is 0 Å². The van der Waals surface area contributed by atoms with Gasteiger partial charge in [-0.2, -0.15) is 0 Å². The van der Waals surface area contributed by atoms with E-state index in [9.17, 15) is 0 Å². The van der Waals surface area contributed by atoms with Crippen LogP contribution in [0, 0.1) is 0 Å². The summed E-state index contributed by atoms with van der Waals surface area (Å²) in [6.07, 6.45) is 15.2. The molecule has 1 aliphatic heterocycles. The van der Waals surface area contributed by atoms with E-state index in [4.69, 9.17) is 0 Å². The fourth-order valence-corrected chi connectivity index (χ4v) is 5.27. The molecule has 1 saturated carbocycles. The van der Waals surface area contributed by atoms with E-state index >= 15 is 0 Å². The molecule has 4 rings (SSSR count). The number of likely N-dealkylation sites (tertiary alicyclic amines) is 1. The summed E-state index contributed by atoms with van der Waals surface area (Å²) in [4.78, 5) is 14.3. The number of nitrogens with zero attached hydrogens (tertiary/aromatic N) is 3. The van der Waals surface area contributed by atoms with E-state index in [0.717, 1.165) is 17.2 Å². The molecule has 25 heavy (non-hydrogen) atoms. The van der Waals surface area contributed by atoms with Crippen LogP contribution in [0.5, 0.6) is 0 Å². The Morgan fingerprint density at radius 2 is 1.68 bits per heavy atom. The fourth-order valence-electron chi connectivity index (χ4n) is 4.23. The molecule has 0 atom stereocenters. The smallest absolute Gasteiger partial charge is 0.138 e. The van der Waals surface area contributed by atoms with Gasteiger partial charge in [-0.25, -0.2) is 9.97 Å². The maximum Gasteiger partial charge on any atom is 0.138 e. The molecule has 1 saturated heterocycles. The van der Waals surface area contributed by atoms with Crippen LogP contribution in [0.25, 0.3) is 10.2 Å². The predicted octanol–water partition coefficient (Wildman–Crippen LogP) is 5.20. The minimum atomic E-state index is 0.573. The number of aromatic nitrogens is 2. The highest BCUT2D eigenvalue weighted by molar-refractivity contribution is 7.18. The number of hydrogen-bond donors (Lipinski definition) is 1. The van der Waals surface area contributed by atoms with Crippen molar-refractivity contribution in [3.8, 4) is 0 Å². The lowest BCUT2D eigenvalue weighted by atomic mass is 9.97. The molecule has 2 aliphatic rings. The zero-order valence-electron chi connectivity index (χ0n) is 15.2. The van der Waals surface area contributed by atoms with Gasteiger partial charge in [0.05, 0.1) is 5.39 Å². The van der Waals surface area contributed by atoms with Crippen molar-refractivity contribution in [2.45, 2.75) is 76.8 Å². The van der Waals surface area contributed by atoms with Crippen molar-refractivity contribution in [3.63, 3.8) is 0 Å². The summed E-state index contributed by atoms with van der Waals surface area (Å²) >= 11 is 1.84. The zero-order valence-corrected chi connectivity index (χ0v) is 16.0. The van der Waals surface area contributed by atoms with Crippen LogP contribution in [0.4, 0.5) is 5.82 Å². The first-order chi connectivity index (χ1) is 12.4. The van der Waals surface area contributed by atoms with Crippen LogP contribution < -0.4 is 5.32 Å². The lowest BCUT2D eigenvalue weighted by Crippen LogP contribution is -2.28. The van der Waals surface area contributed by atoms with E-state index in [1.165, 1.54) is 87.6 Å². The minimum Gasteiger partial charge on any atom is -0.367 e. The van der Waals surface area contributed by atoms with Crippen LogP contribution in [0.15, 0.2) is 12.4 Å². The van der Waals surface area contributed by atoms with E-state index in [0.29, 0.717) is 6.04 Å². The van der Waals surface area contributed by atoms with Gasteiger partial charge in [-0.1, -0.05) is 38.5 Å². The minimum absolute atomic E-state index is 0.573. The highest BCUT2D eigenvalue weighted by atomic mass is 32.1. The van der Waals surface area contributed by atoms with Gasteiger partial charge in [0.2, 0.25) is 0 Å². The largest absolute Gasteiger partial charge is 0.367 e. The Balaban J connectivity index is 1.48. The Bertz CT molecular complexity index is 669. The summed E-state index contributed by atoms with van der Waals surface area (Å²) in [6.45, 7) is 3.56. The van der Waals surface area contributed by atoms with Crippen LogP contribution in [-0.4, -0.2) is 34.0 Å². The third-order valence-corrected chi connectivity index (χ3v) is 6.68. The average molecular weight is 359 g/mol. The van der Waals surface area contributed by atoms with Crippen LogP contribution in [0.2, 0.25) is 0 Å². The molecular weight excluding hydrogens is 328 g/mol. The van der Waals surface area contributed by atoms with Gasteiger partial charge >= 0.3 is 0 Å². The third kappa shape index (κ3) is 4.50. The Morgan fingerprint density at radius 3 is 2.48 bits per heavy atom. The lowest BCUT2D eigenvalue weighted by molar-refractivity contribution is 0.223. The average Bonchev–Trinajstić information content (AvgIpc) is 3.01. The molecule has 136 valence electrons. The molecule has 2 aromatic rings. The van der Waals surface area contributed by atoms with Crippen molar-refractivity contribution in [2.75, 3.05) is 18.4 Å². The molecule has 0 radical (unpaired) electrons. The highest BCUT2D eigenvalue weighted by Gasteiger charge is 2.16. The first-order valence-corrected chi connectivity index (χ1v) is 10.9. The predicted molar refractivity (Wildman–Crippen MR) is 106 cm³/mol. The van der Waals surface area contributed by atoms with Crippen LogP contribution in [0.1, 0.15) is 69.1 Å². The summed E-state index contributed by atoms with van der Waals surface area (Å²) < 4.78 is 0. The highest BCUT2D eigenvalue weighted by Crippen LogP contribution is 2.31. The number of piperidine rings is 1. The van der Waals surface area contributed by atoms with Crippen molar-refractivity contribution < 1.29 is 0 Å². The first-order valence-electron chi connectivity index (χ1n) is 10.1. The van der Waals surface area contributed by atoms with Crippen molar-refractivity contribution >= 4 is 27.4 Å². The van der Waals surface area contributed by atoms with E-state index in [-0.39, 0.29) is 0 Å². The topological polar surface area (TPSA) is 41.1 Å². The summed E-state index contributed by atoms with van der Waals surface area (Å²) in [5, 5.41) is 4.97.